The van der Waals surface area contributed by atoms with Crippen molar-refractivity contribution >= 4 is 27.3 Å². The third kappa shape index (κ3) is 6.49. The van der Waals surface area contributed by atoms with Gasteiger partial charge in [0.05, 0.1) is 19.4 Å². The molecule has 11 heteroatoms. The van der Waals surface area contributed by atoms with Crippen molar-refractivity contribution in [2.45, 2.75) is 25.7 Å². The van der Waals surface area contributed by atoms with Gasteiger partial charge in [-0.25, -0.2) is 13.4 Å². The van der Waals surface area contributed by atoms with Gasteiger partial charge in [0.1, 0.15) is 28.8 Å². The maximum Gasteiger partial charge on any atom is 0.268 e. The Balaban J connectivity index is 1.67. The summed E-state index contributed by atoms with van der Waals surface area (Å²) < 4.78 is 39.8. The van der Waals surface area contributed by atoms with Crippen molar-refractivity contribution in [2.75, 3.05) is 29.9 Å². The lowest BCUT2D eigenvalue weighted by molar-refractivity contribution is -0.114. The number of benzene rings is 3. The van der Waals surface area contributed by atoms with E-state index in [1.807, 2.05) is 6.92 Å². The predicted molar refractivity (Wildman–Crippen MR) is 154 cm³/mol. The molecule has 0 saturated heterocycles. The molecule has 0 aliphatic rings. The minimum absolute atomic E-state index is 0.0619. The third-order valence-electron chi connectivity index (χ3n) is 5.90. The normalized spacial score (nSPS) is 11.1. The van der Waals surface area contributed by atoms with Crippen LogP contribution in [0.3, 0.4) is 0 Å². The molecule has 10 nitrogen and oxygen atoms in total. The number of amides is 1. The van der Waals surface area contributed by atoms with Crippen molar-refractivity contribution < 1.29 is 22.7 Å². The molecule has 0 fully saturated rings. The molecule has 2 N–H and O–H groups in total. The zero-order chi connectivity index (χ0) is 28.9. The van der Waals surface area contributed by atoms with Crippen LogP contribution in [0, 0.1) is 13.8 Å². The van der Waals surface area contributed by atoms with Crippen LogP contribution in [-0.2, 0) is 14.8 Å². The Kier molecular flexibility index (Phi) is 8.54. The molecule has 0 saturated carbocycles. The van der Waals surface area contributed by atoms with Crippen LogP contribution in [0.4, 0.5) is 11.4 Å². The van der Waals surface area contributed by atoms with Gasteiger partial charge < -0.3 is 19.8 Å². The summed E-state index contributed by atoms with van der Waals surface area (Å²) in [4.78, 5) is 32.1. The molecule has 4 aromatic rings. The van der Waals surface area contributed by atoms with Crippen molar-refractivity contribution in [3.05, 3.63) is 94.4 Å². The van der Waals surface area contributed by atoms with E-state index in [0.717, 1.165) is 9.87 Å². The highest BCUT2D eigenvalue weighted by atomic mass is 32.2. The van der Waals surface area contributed by atoms with E-state index in [9.17, 15) is 18.0 Å². The van der Waals surface area contributed by atoms with Crippen molar-refractivity contribution in [1.29, 1.82) is 0 Å². The number of carbonyl (C=O) groups is 1. The highest BCUT2D eigenvalue weighted by Crippen LogP contribution is 2.32. The topological polar surface area (TPSA) is 131 Å². The summed E-state index contributed by atoms with van der Waals surface area (Å²) in [6.07, 6.45) is 0. The largest absolute Gasteiger partial charge is 0.495 e. The van der Waals surface area contributed by atoms with Gasteiger partial charge in [-0.3, -0.25) is 13.9 Å². The summed E-state index contributed by atoms with van der Waals surface area (Å²) in [5, 5.41) is 2.76. The number of H-pyrrole nitrogens is 1. The summed E-state index contributed by atoms with van der Waals surface area (Å²) in [5.74, 6) is 0.508. The lowest BCUT2D eigenvalue weighted by atomic mass is 10.2. The molecular weight excluding hydrogens is 532 g/mol. The number of nitrogens with zero attached hydrogens (tertiary/aromatic N) is 2. The standard InChI is InChI=1S/C29H30N4O6S/c1-5-39-24-12-10-23(11-13-24)33(40(36,37)26-15-19(2)9-14-25(26)38-4)18-28(35)31-22-8-6-7-21(17-22)29-30-20(3)16-27(34)32-29/h6-17H,5,18H2,1-4H3,(H,31,35)(H,30,32,34). The minimum atomic E-state index is -4.24. The van der Waals surface area contributed by atoms with Crippen LogP contribution in [0.5, 0.6) is 11.5 Å². The highest BCUT2D eigenvalue weighted by Gasteiger charge is 2.30. The number of hydrogen-bond acceptors (Lipinski definition) is 7. The Hall–Kier alpha value is -4.64. The van der Waals surface area contributed by atoms with E-state index in [4.69, 9.17) is 9.47 Å². The van der Waals surface area contributed by atoms with Crippen LogP contribution < -0.4 is 24.7 Å². The lowest BCUT2D eigenvalue weighted by Crippen LogP contribution is -2.38. The van der Waals surface area contributed by atoms with Crippen molar-refractivity contribution in [1.82, 2.24) is 9.97 Å². The summed E-state index contributed by atoms with van der Waals surface area (Å²) in [7, 11) is -2.85. The summed E-state index contributed by atoms with van der Waals surface area (Å²) >= 11 is 0. The van der Waals surface area contributed by atoms with Gasteiger partial charge >= 0.3 is 0 Å². The number of hydrogen-bond donors (Lipinski definition) is 2. The van der Waals surface area contributed by atoms with Crippen molar-refractivity contribution in [3.63, 3.8) is 0 Å². The Bertz CT molecular complexity index is 1680. The van der Waals surface area contributed by atoms with Crippen LogP contribution >= 0.6 is 0 Å². The number of nitrogens with one attached hydrogen (secondary N) is 2. The van der Waals surface area contributed by atoms with Crippen molar-refractivity contribution in [2.24, 2.45) is 0 Å². The number of anilines is 2. The Morgan fingerprint density at radius 2 is 1.77 bits per heavy atom. The molecule has 40 heavy (non-hydrogen) atoms. The fourth-order valence-electron chi connectivity index (χ4n) is 4.09. The van der Waals surface area contributed by atoms with Gasteiger partial charge in [0.25, 0.3) is 15.6 Å². The Morgan fingerprint density at radius 3 is 2.45 bits per heavy atom. The van der Waals surface area contributed by atoms with E-state index < -0.39 is 22.5 Å². The first-order chi connectivity index (χ1) is 19.1. The molecule has 0 atom stereocenters. The molecular formula is C29H30N4O6S. The van der Waals surface area contributed by atoms with E-state index >= 15 is 0 Å². The molecule has 3 aromatic carbocycles. The molecule has 0 spiro atoms. The molecule has 0 aliphatic heterocycles. The van der Waals surface area contributed by atoms with E-state index in [1.165, 1.54) is 19.2 Å². The minimum Gasteiger partial charge on any atom is -0.495 e. The van der Waals surface area contributed by atoms with E-state index in [0.29, 0.717) is 35.1 Å². The maximum absolute atomic E-state index is 14.0. The van der Waals surface area contributed by atoms with Gasteiger partial charge in [0.2, 0.25) is 5.91 Å². The zero-order valence-corrected chi connectivity index (χ0v) is 23.4. The van der Waals surface area contributed by atoms with Crippen LogP contribution in [0.1, 0.15) is 18.2 Å². The summed E-state index contributed by atoms with van der Waals surface area (Å²) in [6.45, 7) is 5.27. The second-order valence-electron chi connectivity index (χ2n) is 8.96. The number of aromatic nitrogens is 2. The molecule has 208 valence electrons. The maximum atomic E-state index is 14.0. The van der Waals surface area contributed by atoms with Gasteiger partial charge in [-0.1, -0.05) is 18.2 Å². The number of rotatable bonds is 10. The first-order valence-corrected chi connectivity index (χ1v) is 13.9. The molecule has 1 heterocycles. The molecule has 1 amide bonds. The smallest absolute Gasteiger partial charge is 0.268 e. The monoisotopic (exact) mass is 562 g/mol. The first kappa shape index (κ1) is 28.4. The van der Waals surface area contributed by atoms with E-state index in [1.54, 1.807) is 74.5 Å². The van der Waals surface area contributed by atoms with Crippen LogP contribution in [0.15, 0.2) is 82.5 Å². The molecule has 0 unspecified atom stereocenters. The fraction of sp³-hybridized carbons (Fsp3) is 0.207. The summed E-state index contributed by atoms with van der Waals surface area (Å²) in [5.41, 5.74) is 2.24. The number of methoxy groups -OCH3 is 1. The molecule has 0 bridgehead atoms. The highest BCUT2D eigenvalue weighted by molar-refractivity contribution is 7.93. The predicted octanol–water partition coefficient (Wildman–Crippen LogP) is 4.30. The van der Waals surface area contributed by atoms with Crippen LogP contribution in [0.2, 0.25) is 0 Å². The second-order valence-corrected chi connectivity index (χ2v) is 10.8. The van der Waals surface area contributed by atoms with Gasteiger partial charge in [0.15, 0.2) is 0 Å². The van der Waals surface area contributed by atoms with Crippen LogP contribution in [-0.4, -0.2) is 44.6 Å². The third-order valence-corrected chi connectivity index (χ3v) is 7.69. The number of sulfonamides is 1. The Morgan fingerprint density at radius 1 is 1.02 bits per heavy atom. The average Bonchev–Trinajstić information content (AvgIpc) is 2.92. The molecule has 4 rings (SSSR count). The van der Waals surface area contributed by atoms with Gasteiger partial charge in [0, 0.05) is 23.0 Å². The van der Waals surface area contributed by atoms with Gasteiger partial charge in [-0.2, -0.15) is 0 Å². The number of aryl methyl sites for hydroxylation is 2. The zero-order valence-electron chi connectivity index (χ0n) is 22.6. The lowest BCUT2D eigenvalue weighted by Gasteiger charge is -2.25. The summed E-state index contributed by atoms with van der Waals surface area (Å²) in [6, 6.07) is 19.4. The molecule has 0 aliphatic carbocycles. The van der Waals surface area contributed by atoms with E-state index in [2.05, 4.69) is 15.3 Å². The fourth-order valence-corrected chi connectivity index (χ4v) is 5.75. The number of carbonyl (C=O) groups excluding carboxylic acids is 1. The molecule has 0 radical (unpaired) electrons. The quantitative estimate of drug-likeness (QED) is 0.295. The van der Waals surface area contributed by atoms with Gasteiger partial charge in [-0.15, -0.1) is 0 Å². The number of aromatic amines is 1. The van der Waals surface area contributed by atoms with Crippen LogP contribution in [0.25, 0.3) is 11.4 Å². The van der Waals surface area contributed by atoms with Crippen molar-refractivity contribution in [3.8, 4) is 22.9 Å². The molecule has 1 aromatic heterocycles. The Labute approximate surface area is 232 Å². The first-order valence-electron chi connectivity index (χ1n) is 12.5. The van der Waals surface area contributed by atoms with Gasteiger partial charge in [-0.05, 0) is 74.9 Å². The van der Waals surface area contributed by atoms with E-state index in [-0.39, 0.29) is 21.9 Å². The number of ether oxygens (including phenoxy) is 2. The average molecular weight is 563 g/mol. The SMILES string of the molecule is CCOc1ccc(N(CC(=O)Nc2cccc(-c3nc(C)cc(=O)[nH]3)c2)S(=O)(=O)c2cc(C)ccc2OC)cc1. The second kappa shape index (κ2) is 12.0.